The van der Waals surface area contributed by atoms with E-state index in [0.29, 0.717) is 25.1 Å². The smallest absolute Gasteiger partial charge is 0.169 e. The van der Waals surface area contributed by atoms with Gasteiger partial charge in [-0.1, -0.05) is 0 Å². The number of hydrogen-bond acceptors (Lipinski definition) is 4. The topological polar surface area (TPSA) is 63.0 Å². The Morgan fingerprint density at radius 2 is 2.46 bits per heavy atom. The van der Waals surface area contributed by atoms with Gasteiger partial charge >= 0.3 is 0 Å². The molecule has 0 N–H and O–H groups in total. The SMILES string of the molecule is N#Cc1cc2c(nc1C=O)COC2. The van der Waals surface area contributed by atoms with Crippen molar-refractivity contribution in [3.8, 4) is 6.07 Å². The third-order valence-corrected chi connectivity index (χ3v) is 1.95. The first-order chi connectivity index (χ1) is 6.35. The highest BCUT2D eigenvalue weighted by Gasteiger charge is 2.16. The largest absolute Gasteiger partial charge is 0.370 e. The van der Waals surface area contributed by atoms with Crippen LogP contribution in [0.3, 0.4) is 0 Å². The minimum Gasteiger partial charge on any atom is -0.370 e. The molecule has 64 valence electrons. The molecule has 1 aliphatic heterocycles. The van der Waals surface area contributed by atoms with E-state index in [4.69, 9.17) is 10.00 Å². The van der Waals surface area contributed by atoms with Crippen molar-refractivity contribution in [2.24, 2.45) is 0 Å². The molecule has 0 amide bonds. The summed E-state index contributed by atoms with van der Waals surface area (Å²) in [5.41, 5.74) is 2.19. The van der Waals surface area contributed by atoms with Crippen LogP contribution in [0, 0.1) is 11.3 Å². The Hall–Kier alpha value is -1.73. The van der Waals surface area contributed by atoms with Crippen molar-refractivity contribution in [1.82, 2.24) is 4.98 Å². The Bertz CT molecular complexity index is 407. The number of aromatic nitrogens is 1. The predicted molar refractivity (Wildman–Crippen MR) is 42.8 cm³/mol. The number of carbonyl (C=O) groups is 1. The summed E-state index contributed by atoms with van der Waals surface area (Å²) in [6, 6.07) is 3.59. The fourth-order valence-electron chi connectivity index (χ4n) is 1.30. The number of fused-ring (bicyclic) bond motifs is 1. The first kappa shape index (κ1) is 7.90. The van der Waals surface area contributed by atoms with Crippen LogP contribution < -0.4 is 0 Å². The van der Waals surface area contributed by atoms with E-state index in [1.165, 1.54) is 0 Å². The summed E-state index contributed by atoms with van der Waals surface area (Å²) >= 11 is 0. The first-order valence-corrected chi connectivity index (χ1v) is 3.81. The lowest BCUT2D eigenvalue weighted by Gasteiger charge is -1.98. The van der Waals surface area contributed by atoms with Crippen molar-refractivity contribution in [3.63, 3.8) is 0 Å². The van der Waals surface area contributed by atoms with Gasteiger partial charge in [-0.2, -0.15) is 5.26 Å². The summed E-state index contributed by atoms with van der Waals surface area (Å²) in [4.78, 5) is 14.6. The second-order valence-electron chi connectivity index (χ2n) is 2.75. The average Bonchev–Trinajstić information content (AvgIpc) is 2.62. The average molecular weight is 174 g/mol. The molecule has 4 nitrogen and oxygen atoms in total. The highest BCUT2D eigenvalue weighted by atomic mass is 16.5. The zero-order valence-electron chi connectivity index (χ0n) is 6.78. The molecule has 0 radical (unpaired) electrons. The van der Waals surface area contributed by atoms with E-state index in [9.17, 15) is 4.79 Å². The van der Waals surface area contributed by atoms with Crippen LogP contribution >= 0.6 is 0 Å². The van der Waals surface area contributed by atoms with Gasteiger partial charge in [0.05, 0.1) is 24.5 Å². The molecule has 0 fully saturated rings. The first-order valence-electron chi connectivity index (χ1n) is 3.81. The maximum atomic E-state index is 10.5. The Kier molecular flexibility index (Phi) is 1.80. The van der Waals surface area contributed by atoms with Crippen LogP contribution in [0.25, 0.3) is 0 Å². The van der Waals surface area contributed by atoms with Crippen molar-refractivity contribution >= 4 is 6.29 Å². The van der Waals surface area contributed by atoms with E-state index in [1.807, 2.05) is 6.07 Å². The number of aldehydes is 1. The summed E-state index contributed by atoms with van der Waals surface area (Å²) in [7, 11) is 0. The number of nitrogens with zero attached hydrogens (tertiary/aromatic N) is 2. The number of ether oxygens (including phenoxy) is 1. The third-order valence-electron chi connectivity index (χ3n) is 1.95. The number of rotatable bonds is 1. The van der Waals surface area contributed by atoms with Gasteiger partial charge in [-0.3, -0.25) is 4.79 Å². The van der Waals surface area contributed by atoms with Gasteiger partial charge in [0.25, 0.3) is 0 Å². The van der Waals surface area contributed by atoms with Crippen molar-refractivity contribution in [2.75, 3.05) is 0 Å². The molecule has 1 aromatic rings. The molecule has 0 saturated carbocycles. The molecule has 4 heteroatoms. The fraction of sp³-hybridized carbons (Fsp3) is 0.222. The Morgan fingerprint density at radius 1 is 1.62 bits per heavy atom. The lowest BCUT2D eigenvalue weighted by Crippen LogP contribution is -1.98. The van der Waals surface area contributed by atoms with Crippen LogP contribution in [0.1, 0.15) is 27.3 Å². The molecule has 0 unspecified atom stereocenters. The van der Waals surface area contributed by atoms with Gasteiger partial charge in [0.1, 0.15) is 11.8 Å². The van der Waals surface area contributed by atoms with Gasteiger partial charge in [0.15, 0.2) is 6.29 Å². The lowest BCUT2D eigenvalue weighted by molar-refractivity contribution is 0.111. The van der Waals surface area contributed by atoms with Crippen molar-refractivity contribution in [2.45, 2.75) is 13.2 Å². The van der Waals surface area contributed by atoms with Crippen molar-refractivity contribution in [3.05, 3.63) is 28.6 Å². The van der Waals surface area contributed by atoms with E-state index in [2.05, 4.69) is 4.98 Å². The maximum Gasteiger partial charge on any atom is 0.169 e. The lowest BCUT2D eigenvalue weighted by atomic mass is 10.1. The fourth-order valence-corrected chi connectivity index (χ4v) is 1.30. The third kappa shape index (κ3) is 1.19. The zero-order chi connectivity index (χ0) is 9.26. The predicted octanol–water partition coefficient (Wildman–Crippen LogP) is 0.796. The van der Waals surface area contributed by atoms with Gasteiger partial charge in [-0.05, 0) is 6.07 Å². The zero-order valence-corrected chi connectivity index (χ0v) is 6.78. The van der Waals surface area contributed by atoms with Gasteiger partial charge in [-0.25, -0.2) is 4.98 Å². The molecule has 0 saturated heterocycles. The molecule has 0 aliphatic carbocycles. The van der Waals surface area contributed by atoms with E-state index in [0.717, 1.165) is 11.3 Å². The van der Waals surface area contributed by atoms with Crippen LogP contribution in [-0.4, -0.2) is 11.3 Å². The molecule has 1 aromatic heterocycles. The molecule has 0 spiro atoms. The normalized spacial score (nSPS) is 13.5. The quantitative estimate of drug-likeness (QED) is 0.590. The summed E-state index contributed by atoms with van der Waals surface area (Å²) in [5.74, 6) is 0. The van der Waals surface area contributed by atoms with E-state index < -0.39 is 0 Å². The molecule has 0 atom stereocenters. The highest BCUT2D eigenvalue weighted by molar-refractivity contribution is 5.76. The Balaban J connectivity index is 2.61. The van der Waals surface area contributed by atoms with E-state index in [1.54, 1.807) is 6.07 Å². The number of pyridine rings is 1. The monoisotopic (exact) mass is 174 g/mol. The standard InChI is InChI=1S/C9H6N2O2/c10-2-6-1-7-4-13-5-9(7)11-8(6)3-12/h1,3H,4-5H2. The minimum absolute atomic E-state index is 0.201. The molecule has 2 heterocycles. The van der Waals surface area contributed by atoms with Crippen LogP contribution in [0.2, 0.25) is 0 Å². The van der Waals surface area contributed by atoms with Gasteiger partial charge in [0.2, 0.25) is 0 Å². The number of hydrogen-bond donors (Lipinski definition) is 0. The van der Waals surface area contributed by atoms with Gasteiger partial charge in [0, 0.05) is 5.56 Å². The van der Waals surface area contributed by atoms with Crippen LogP contribution in [-0.2, 0) is 18.0 Å². The van der Waals surface area contributed by atoms with E-state index >= 15 is 0 Å². The summed E-state index contributed by atoms with van der Waals surface area (Å²) in [6.07, 6.45) is 0.594. The Labute approximate surface area is 74.8 Å². The number of carbonyl (C=O) groups excluding carboxylic acids is 1. The molecule has 1 aliphatic rings. The van der Waals surface area contributed by atoms with Crippen molar-refractivity contribution < 1.29 is 9.53 Å². The molecule has 2 rings (SSSR count). The minimum atomic E-state index is 0.201. The molecule has 13 heavy (non-hydrogen) atoms. The summed E-state index contributed by atoms with van der Waals surface area (Å²) < 4.78 is 5.13. The molecule has 0 bridgehead atoms. The highest BCUT2D eigenvalue weighted by Crippen LogP contribution is 2.19. The number of nitriles is 1. The molecular formula is C9H6N2O2. The second-order valence-corrected chi connectivity index (χ2v) is 2.75. The van der Waals surface area contributed by atoms with Gasteiger partial charge < -0.3 is 4.74 Å². The molecule has 0 aromatic carbocycles. The summed E-state index contributed by atoms with van der Waals surface area (Å²) in [6.45, 7) is 0.915. The van der Waals surface area contributed by atoms with Crippen LogP contribution in [0.15, 0.2) is 6.07 Å². The maximum absolute atomic E-state index is 10.5. The van der Waals surface area contributed by atoms with E-state index in [-0.39, 0.29) is 5.69 Å². The van der Waals surface area contributed by atoms with Crippen LogP contribution in [0.5, 0.6) is 0 Å². The van der Waals surface area contributed by atoms with Crippen molar-refractivity contribution in [1.29, 1.82) is 5.26 Å². The van der Waals surface area contributed by atoms with Gasteiger partial charge in [-0.15, -0.1) is 0 Å². The van der Waals surface area contributed by atoms with Crippen LogP contribution in [0.4, 0.5) is 0 Å². The molecular weight excluding hydrogens is 168 g/mol. The second kappa shape index (κ2) is 2.96. The Morgan fingerprint density at radius 3 is 3.15 bits per heavy atom. The summed E-state index contributed by atoms with van der Waals surface area (Å²) in [5, 5.41) is 8.69.